The SMILES string of the molecule is C#CCCCCCC(=O)Nc1ccc(C(N)=O)cc1-n1ccnc1. The van der Waals surface area contributed by atoms with E-state index in [4.69, 9.17) is 12.2 Å². The number of unbranched alkanes of at least 4 members (excludes halogenated alkanes) is 3. The van der Waals surface area contributed by atoms with Gasteiger partial charge < -0.3 is 15.6 Å². The molecule has 0 saturated heterocycles. The first-order valence-electron chi connectivity index (χ1n) is 7.77. The molecule has 0 aliphatic heterocycles. The number of hydrogen-bond acceptors (Lipinski definition) is 3. The quantitative estimate of drug-likeness (QED) is 0.577. The second-order valence-corrected chi connectivity index (χ2v) is 5.38. The van der Waals surface area contributed by atoms with Crippen molar-refractivity contribution < 1.29 is 9.59 Å². The van der Waals surface area contributed by atoms with Crippen LogP contribution in [0.4, 0.5) is 5.69 Å². The Hall–Kier alpha value is -3.07. The van der Waals surface area contributed by atoms with E-state index in [-0.39, 0.29) is 5.91 Å². The number of nitrogens with one attached hydrogen (secondary N) is 1. The smallest absolute Gasteiger partial charge is 0.248 e. The highest BCUT2D eigenvalue weighted by molar-refractivity contribution is 5.97. The van der Waals surface area contributed by atoms with Gasteiger partial charge in [0, 0.05) is 30.8 Å². The van der Waals surface area contributed by atoms with Crippen LogP contribution in [-0.2, 0) is 4.79 Å². The van der Waals surface area contributed by atoms with Crippen LogP contribution in [0, 0.1) is 12.3 Å². The summed E-state index contributed by atoms with van der Waals surface area (Å²) in [6.45, 7) is 0. The van der Waals surface area contributed by atoms with Gasteiger partial charge in [0.05, 0.1) is 17.7 Å². The van der Waals surface area contributed by atoms with E-state index in [9.17, 15) is 9.59 Å². The summed E-state index contributed by atoms with van der Waals surface area (Å²) in [6.07, 6.45) is 13.9. The molecule has 1 aromatic heterocycles. The number of aromatic nitrogens is 2. The molecular formula is C18H20N4O2. The van der Waals surface area contributed by atoms with Crippen LogP contribution in [0.15, 0.2) is 36.9 Å². The zero-order valence-corrected chi connectivity index (χ0v) is 13.4. The highest BCUT2D eigenvalue weighted by Crippen LogP contribution is 2.22. The fourth-order valence-corrected chi connectivity index (χ4v) is 2.31. The number of nitrogens with zero attached hydrogens (tertiary/aromatic N) is 2. The second kappa shape index (κ2) is 8.53. The number of amides is 2. The second-order valence-electron chi connectivity index (χ2n) is 5.38. The summed E-state index contributed by atoms with van der Waals surface area (Å²) in [5.41, 5.74) is 6.94. The van der Waals surface area contributed by atoms with Crippen molar-refractivity contribution in [3.8, 4) is 18.0 Å². The van der Waals surface area contributed by atoms with Gasteiger partial charge in [-0.2, -0.15) is 0 Å². The van der Waals surface area contributed by atoms with Crippen LogP contribution in [0.5, 0.6) is 0 Å². The van der Waals surface area contributed by atoms with Gasteiger partial charge in [0.1, 0.15) is 0 Å². The van der Waals surface area contributed by atoms with E-state index in [1.54, 1.807) is 41.5 Å². The molecule has 1 aromatic carbocycles. The Morgan fingerprint density at radius 3 is 2.79 bits per heavy atom. The van der Waals surface area contributed by atoms with Gasteiger partial charge in [-0.15, -0.1) is 12.3 Å². The maximum absolute atomic E-state index is 12.1. The third kappa shape index (κ3) is 4.71. The zero-order valence-electron chi connectivity index (χ0n) is 13.4. The van der Waals surface area contributed by atoms with Crippen LogP contribution in [0.25, 0.3) is 5.69 Å². The van der Waals surface area contributed by atoms with Gasteiger partial charge in [0.2, 0.25) is 11.8 Å². The number of hydrogen-bond donors (Lipinski definition) is 2. The van der Waals surface area contributed by atoms with Crippen LogP contribution < -0.4 is 11.1 Å². The molecule has 3 N–H and O–H groups in total. The van der Waals surface area contributed by atoms with E-state index in [0.717, 1.165) is 25.7 Å². The number of anilines is 1. The first-order valence-corrected chi connectivity index (χ1v) is 7.77. The maximum Gasteiger partial charge on any atom is 0.248 e. The van der Waals surface area contributed by atoms with E-state index in [1.165, 1.54) is 0 Å². The summed E-state index contributed by atoms with van der Waals surface area (Å²) in [5, 5.41) is 2.88. The number of carbonyl (C=O) groups excluding carboxylic acids is 2. The lowest BCUT2D eigenvalue weighted by Gasteiger charge is -2.13. The van der Waals surface area contributed by atoms with Crippen molar-refractivity contribution in [2.75, 3.05) is 5.32 Å². The van der Waals surface area contributed by atoms with E-state index < -0.39 is 5.91 Å². The predicted octanol–water partition coefficient (Wildman–Crippen LogP) is 2.49. The minimum absolute atomic E-state index is 0.0797. The summed E-state index contributed by atoms with van der Waals surface area (Å²) < 4.78 is 1.72. The first kappa shape index (κ1) is 17.3. The Balaban J connectivity index is 2.08. The molecule has 0 bridgehead atoms. The van der Waals surface area contributed by atoms with Crippen molar-refractivity contribution in [2.24, 2.45) is 5.73 Å². The van der Waals surface area contributed by atoms with Crippen LogP contribution in [0.1, 0.15) is 42.5 Å². The number of nitrogens with two attached hydrogens (primary N) is 1. The Labute approximate surface area is 141 Å². The average molecular weight is 324 g/mol. The number of primary amides is 1. The molecule has 0 saturated carbocycles. The molecule has 2 aromatic rings. The molecule has 124 valence electrons. The molecule has 0 atom stereocenters. The molecule has 0 unspecified atom stereocenters. The Morgan fingerprint density at radius 2 is 2.12 bits per heavy atom. The molecule has 6 nitrogen and oxygen atoms in total. The van der Waals surface area contributed by atoms with Gasteiger partial charge in [0.25, 0.3) is 0 Å². The average Bonchev–Trinajstić information content (AvgIpc) is 3.09. The van der Waals surface area contributed by atoms with Gasteiger partial charge in [-0.25, -0.2) is 4.98 Å². The highest BCUT2D eigenvalue weighted by Gasteiger charge is 2.11. The van der Waals surface area contributed by atoms with Gasteiger partial charge in [-0.05, 0) is 31.0 Å². The maximum atomic E-state index is 12.1. The Morgan fingerprint density at radius 1 is 1.29 bits per heavy atom. The van der Waals surface area contributed by atoms with Gasteiger partial charge >= 0.3 is 0 Å². The lowest BCUT2D eigenvalue weighted by atomic mass is 10.1. The van der Waals surface area contributed by atoms with Crippen molar-refractivity contribution >= 4 is 17.5 Å². The number of imidazole rings is 1. The van der Waals surface area contributed by atoms with Gasteiger partial charge in [0.15, 0.2) is 0 Å². The number of benzene rings is 1. The van der Waals surface area contributed by atoms with Gasteiger partial charge in [-0.1, -0.05) is 6.42 Å². The van der Waals surface area contributed by atoms with E-state index in [1.807, 2.05) is 0 Å². The molecular weight excluding hydrogens is 304 g/mol. The van der Waals surface area contributed by atoms with Crippen molar-refractivity contribution in [3.63, 3.8) is 0 Å². The molecule has 1 heterocycles. The zero-order chi connectivity index (χ0) is 17.4. The van der Waals surface area contributed by atoms with Crippen molar-refractivity contribution in [1.29, 1.82) is 0 Å². The largest absolute Gasteiger partial charge is 0.366 e. The molecule has 6 heteroatoms. The number of carbonyl (C=O) groups is 2. The highest BCUT2D eigenvalue weighted by atomic mass is 16.2. The summed E-state index contributed by atoms with van der Waals surface area (Å²) >= 11 is 0. The monoisotopic (exact) mass is 324 g/mol. The third-order valence-electron chi connectivity index (χ3n) is 3.56. The Kier molecular flexibility index (Phi) is 6.15. The molecule has 0 aliphatic rings. The number of rotatable bonds is 8. The van der Waals surface area contributed by atoms with Crippen molar-refractivity contribution in [3.05, 3.63) is 42.5 Å². The fraction of sp³-hybridized carbons (Fsp3) is 0.278. The molecule has 0 aliphatic carbocycles. The van der Waals surface area contributed by atoms with Crippen molar-refractivity contribution in [1.82, 2.24) is 9.55 Å². The predicted molar refractivity (Wildman–Crippen MR) is 92.6 cm³/mol. The van der Waals surface area contributed by atoms with Crippen LogP contribution in [0.3, 0.4) is 0 Å². The lowest BCUT2D eigenvalue weighted by Crippen LogP contribution is -2.15. The van der Waals surface area contributed by atoms with E-state index in [2.05, 4.69) is 16.2 Å². The number of terminal acetylenes is 1. The Bertz CT molecular complexity index is 745. The molecule has 0 radical (unpaired) electrons. The van der Waals surface area contributed by atoms with E-state index >= 15 is 0 Å². The molecule has 0 fully saturated rings. The van der Waals surface area contributed by atoms with Gasteiger partial charge in [-0.3, -0.25) is 9.59 Å². The topological polar surface area (TPSA) is 90.0 Å². The molecule has 2 amide bonds. The molecule has 0 spiro atoms. The normalized spacial score (nSPS) is 10.1. The standard InChI is InChI=1S/C18H20N4O2/c1-2-3-4-5-6-7-17(23)21-15-9-8-14(18(19)24)12-16(15)22-11-10-20-13-22/h1,8-13H,3-7H2,(H2,19,24)(H,21,23). The minimum atomic E-state index is -0.525. The molecule has 2 rings (SSSR count). The van der Waals surface area contributed by atoms with Crippen LogP contribution in [0.2, 0.25) is 0 Å². The minimum Gasteiger partial charge on any atom is -0.366 e. The fourth-order valence-electron chi connectivity index (χ4n) is 2.31. The molecule has 24 heavy (non-hydrogen) atoms. The van der Waals surface area contributed by atoms with Crippen LogP contribution >= 0.6 is 0 Å². The summed E-state index contributed by atoms with van der Waals surface area (Å²) in [7, 11) is 0. The van der Waals surface area contributed by atoms with Crippen molar-refractivity contribution in [2.45, 2.75) is 32.1 Å². The van der Waals surface area contributed by atoms with Crippen LogP contribution in [-0.4, -0.2) is 21.4 Å². The summed E-state index contributed by atoms with van der Waals surface area (Å²) in [5.74, 6) is 1.98. The first-order chi connectivity index (χ1) is 11.6. The summed E-state index contributed by atoms with van der Waals surface area (Å²) in [4.78, 5) is 27.5. The summed E-state index contributed by atoms with van der Waals surface area (Å²) in [6, 6.07) is 4.89. The third-order valence-corrected chi connectivity index (χ3v) is 3.56. The van der Waals surface area contributed by atoms with E-state index in [0.29, 0.717) is 23.4 Å². The lowest BCUT2D eigenvalue weighted by molar-refractivity contribution is -0.116.